The van der Waals surface area contributed by atoms with E-state index >= 15 is 0 Å². The van der Waals surface area contributed by atoms with E-state index in [9.17, 15) is 15.3 Å². The van der Waals surface area contributed by atoms with E-state index in [-0.39, 0.29) is 0 Å². The minimum atomic E-state index is -0.973. The Morgan fingerprint density at radius 3 is 1.95 bits per heavy atom. The van der Waals surface area contributed by atoms with Crippen molar-refractivity contribution < 1.29 is 15.3 Å². The fourth-order valence-corrected chi connectivity index (χ4v) is 4.69. The number of rotatable bonds is 2. The predicted octanol–water partition coefficient (Wildman–Crippen LogP) is 1.14. The molecule has 1 saturated heterocycles. The van der Waals surface area contributed by atoms with E-state index in [2.05, 4.69) is 4.90 Å². The number of β-amino-alcohol motifs (C(OH)–C–C–N with tert-alkyl or cyclic N) is 2. The molecule has 0 bridgehead atoms. The lowest BCUT2D eigenvalue weighted by Crippen LogP contribution is -2.56. The molecule has 0 aromatic carbocycles. The van der Waals surface area contributed by atoms with Crippen molar-refractivity contribution in [2.45, 2.75) is 69.7 Å². The van der Waals surface area contributed by atoms with Crippen molar-refractivity contribution in [2.24, 2.45) is 11.3 Å². The largest absolute Gasteiger partial charge is 0.389 e. The average molecular weight is 283 g/mol. The monoisotopic (exact) mass is 283 g/mol. The Labute approximate surface area is 121 Å². The SMILES string of the molecule is O[C@H]1[C@H](O)CN(CC2CCC3(CCCC3)CC2)C[C@@H]1O. The molecule has 3 atom stereocenters. The number of aliphatic hydroxyl groups excluding tert-OH is 3. The quantitative estimate of drug-likeness (QED) is 0.711. The number of piperidine rings is 1. The van der Waals surface area contributed by atoms with Crippen LogP contribution in [0.3, 0.4) is 0 Å². The third-order valence-corrected chi connectivity index (χ3v) is 6.03. The topological polar surface area (TPSA) is 63.9 Å². The minimum absolute atomic E-state index is 0.500. The molecular weight excluding hydrogens is 254 g/mol. The Kier molecular flexibility index (Phi) is 4.37. The van der Waals surface area contributed by atoms with Gasteiger partial charge in [-0.1, -0.05) is 12.8 Å². The molecule has 2 saturated carbocycles. The molecule has 0 radical (unpaired) electrons. The zero-order valence-electron chi connectivity index (χ0n) is 12.4. The maximum atomic E-state index is 9.76. The maximum absolute atomic E-state index is 9.76. The van der Waals surface area contributed by atoms with Crippen LogP contribution < -0.4 is 0 Å². The van der Waals surface area contributed by atoms with Gasteiger partial charge >= 0.3 is 0 Å². The van der Waals surface area contributed by atoms with Gasteiger partial charge in [0, 0.05) is 19.6 Å². The molecule has 3 aliphatic rings. The molecule has 20 heavy (non-hydrogen) atoms. The van der Waals surface area contributed by atoms with Gasteiger partial charge in [-0.2, -0.15) is 0 Å². The van der Waals surface area contributed by atoms with Crippen LogP contribution in [0.5, 0.6) is 0 Å². The summed E-state index contributed by atoms with van der Waals surface area (Å²) < 4.78 is 0. The van der Waals surface area contributed by atoms with Crippen molar-refractivity contribution in [3.63, 3.8) is 0 Å². The summed E-state index contributed by atoms with van der Waals surface area (Å²) in [5.41, 5.74) is 0.674. The van der Waals surface area contributed by atoms with Crippen LogP contribution in [0.25, 0.3) is 0 Å². The molecule has 4 nitrogen and oxygen atoms in total. The molecule has 0 unspecified atom stereocenters. The van der Waals surface area contributed by atoms with Crippen LogP contribution in [0.2, 0.25) is 0 Å². The predicted molar refractivity (Wildman–Crippen MR) is 77.3 cm³/mol. The van der Waals surface area contributed by atoms with Gasteiger partial charge in [-0.15, -0.1) is 0 Å². The lowest BCUT2D eigenvalue weighted by atomic mass is 9.69. The van der Waals surface area contributed by atoms with E-state index in [0.717, 1.165) is 6.54 Å². The van der Waals surface area contributed by atoms with Crippen LogP contribution in [-0.2, 0) is 0 Å². The molecule has 1 spiro atoms. The third-order valence-electron chi connectivity index (χ3n) is 6.03. The van der Waals surface area contributed by atoms with Gasteiger partial charge in [-0.25, -0.2) is 0 Å². The summed E-state index contributed by atoms with van der Waals surface area (Å²) in [6.07, 6.45) is 8.49. The Bertz CT molecular complexity index is 308. The summed E-state index contributed by atoms with van der Waals surface area (Å²) in [6.45, 7) is 1.97. The highest BCUT2D eigenvalue weighted by Crippen LogP contribution is 2.50. The summed E-state index contributed by atoms with van der Waals surface area (Å²) in [5.74, 6) is 0.705. The first-order chi connectivity index (χ1) is 9.58. The molecule has 4 heteroatoms. The number of aliphatic hydroxyl groups is 3. The molecule has 3 rings (SSSR count). The van der Waals surface area contributed by atoms with Gasteiger partial charge in [0.15, 0.2) is 0 Å². The number of nitrogens with zero attached hydrogens (tertiary/aromatic N) is 1. The van der Waals surface area contributed by atoms with Gasteiger partial charge < -0.3 is 15.3 Å². The maximum Gasteiger partial charge on any atom is 0.108 e. The Morgan fingerprint density at radius 1 is 0.850 bits per heavy atom. The van der Waals surface area contributed by atoms with Gasteiger partial charge in [-0.05, 0) is 49.9 Å². The second kappa shape index (κ2) is 5.91. The van der Waals surface area contributed by atoms with E-state index in [0.29, 0.717) is 24.4 Å². The second-order valence-electron chi connectivity index (χ2n) is 7.49. The van der Waals surface area contributed by atoms with Crippen molar-refractivity contribution in [1.82, 2.24) is 4.90 Å². The molecular formula is C16H29NO3. The van der Waals surface area contributed by atoms with Crippen LogP contribution in [0.1, 0.15) is 51.4 Å². The first-order valence-corrected chi connectivity index (χ1v) is 8.35. The lowest BCUT2D eigenvalue weighted by Gasteiger charge is -2.42. The highest BCUT2D eigenvalue weighted by Gasteiger charge is 2.39. The van der Waals surface area contributed by atoms with E-state index in [1.165, 1.54) is 51.4 Å². The Morgan fingerprint density at radius 2 is 1.40 bits per heavy atom. The van der Waals surface area contributed by atoms with Gasteiger partial charge in [0.1, 0.15) is 6.10 Å². The highest BCUT2D eigenvalue weighted by atomic mass is 16.4. The van der Waals surface area contributed by atoms with Crippen LogP contribution >= 0.6 is 0 Å². The standard InChI is InChI=1S/C16H29NO3/c18-13-10-17(11-14(19)15(13)20)9-12-3-7-16(8-4-12)5-1-2-6-16/h12-15,18-20H,1-11H2/t13-,14+,15+. The normalized spacial score (nSPS) is 39.5. The van der Waals surface area contributed by atoms with Crippen molar-refractivity contribution in [3.05, 3.63) is 0 Å². The second-order valence-corrected chi connectivity index (χ2v) is 7.49. The van der Waals surface area contributed by atoms with E-state index in [1.54, 1.807) is 0 Å². The van der Waals surface area contributed by atoms with E-state index < -0.39 is 18.3 Å². The van der Waals surface area contributed by atoms with Crippen LogP contribution in [0, 0.1) is 11.3 Å². The lowest BCUT2D eigenvalue weighted by molar-refractivity contribution is -0.113. The Hall–Kier alpha value is -0.160. The van der Waals surface area contributed by atoms with E-state index in [4.69, 9.17) is 0 Å². The van der Waals surface area contributed by atoms with Crippen LogP contribution in [-0.4, -0.2) is 58.2 Å². The molecule has 0 aromatic heterocycles. The zero-order chi connectivity index (χ0) is 14.2. The highest BCUT2D eigenvalue weighted by molar-refractivity contribution is 4.92. The fraction of sp³-hybridized carbons (Fsp3) is 1.00. The minimum Gasteiger partial charge on any atom is -0.389 e. The molecule has 3 fully saturated rings. The van der Waals surface area contributed by atoms with Gasteiger partial charge in [-0.3, -0.25) is 4.90 Å². The summed E-state index contributed by atoms with van der Waals surface area (Å²) in [5, 5.41) is 29.1. The van der Waals surface area contributed by atoms with Gasteiger partial charge in [0.2, 0.25) is 0 Å². The number of likely N-dealkylation sites (tertiary alicyclic amines) is 1. The number of hydrogen-bond donors (Lipinski definition) is 3. The molecule has 0 amide bonds. The first-order valence-electron chi connectivity index (χ1n) is 8.35. The fourth-order valence-electron chi connectivity index (χ4n) is 4.69. The molecule has 2 aliphatic carbocycles. The smallest absolute Gasteiger partial charge is 0.108 e. The van der Waals surface area contributed by atoms with Crippen LogP contribution in [0.15, 0.2) is 0 Å². The van der Waals surface area contributed by atoms with Crippen molar-refractivity contribution in [1.29, 1.82) is 0 Å². The first kappa shape index (κ1) is 14.8. The van der Waals surface area contributed by atoms with Gasteiger partial charge in [0.25, 0.3) is 0 Å². The molecule has 3 N–H and O–H groups in total. The molecule has 116 valence electrons. The zero-order valence-corrected chi connectivity index (χ0v) is 12.4. The molecule has 1 aliphatic heterocycles. The summed E-state index contributed by atoms with van der Waals surface area (Å²) in [7, 11) is 0. The van der Waals surface area contributed by atoms with E-state index in [1.807, 2.05) is 0 Å². The average Bonchev–Trinajstić information content (AvgIpc) is 2.87. The number of hydrogen-bond acceptors (Lipinski definition) is 4. The summed E-state index contributed by atoms with van der Waals surface area (Å²) in [6, 6.07) is 0. The molecule has 0 aromatic rings. The summed E-state index contributed by atoms with van der Waals surface area (Å²) in [4.78, 5) is 2.14. The van der Waals surface area contributed by atoms with Crippen molar-refractivity contribution >= 4 is 0 Å². The summed E-state index contributed by atoms with van der Waals surface area (Å²) >= 11 is 0. The Balaban J connectivity index is 1.47. The third kappa shape index (κ3) is 3.03. The van der Waals surface area contributed by atoms with Crippen LogP contribution in [0.4, 0.5) is 0 Å². The molecule has 1 heterocycles. The van der Waals surface area contributed by atoms with Crippen molar-refractivity contribution in [3.8, 4) is 0 Å². The van der Waals surface area contributed by atoms with Gasteiger partial charge in [0.05, 0.1) is 12.2 Å². The van der Waals surface area contributed by atoms with Crippen molar-refractivity contribution in [2.75, 3.05) is 19.6 Å².